The van der Waals surface area contributed by atoms with Crippen molar-refractivity contribution >= 4 is 23.7 Å². The van der Waals surface area contributed by atoms with Gasteiger partial charge in [0.1, 0.15) is 23.5 Å². The summed E-state index contributed by atoms with van der Waals surface area (Å²) < 4.78 is 5.59. The minimum atomic E-state index is -0.782. The first-order chi connectivity index (χ1) is 17.5. The average molecular weight is 508 g/mol. The van der Waals surface area contributed by atoms with Gasteiger partial charge in [-0.2, -0.15) is 0 Å². The predicted molar refractivity (Wildman–Crippen MR) is 141 cm³/mol. The fourth-order valence-corrected chi connectivity index (χ4v) is 5.09. The minimum absolute atomic E-state index is 0.120. The monoisotopic (exact) mass is 507 g/mol. The number of hydrogen-bond donors (Lipinski definition) is 3. The number of nitrogens with two attached hydrogens (primary N) is 1. The Hall–Kier alpha value is -3.62. The maximum Gasteiger partial charge on any atom is 0.410 e. The normalized spacial score (nSPS) is 22.1. The molecule has 0 radical (unpaired) electrons. The smallest absolute Gasteiger partial charge is 0.410 e. The Balaban J connectivity index is 1.44. The lowest BCUT2D eigenvalue weighted by atomic mass is 9.85. The van der Waals surface area contributed by atoms with Crippen molar-refractivity contribution in [2.75, 3.05) is 12.3 Å². The Morgan fingerprint density at radius 1 is 1.11 bits per heavy atom. The van der Waals surface area contributed by atoms with Crippen LogP contribution in [-0.4, -0.2) is 52.0 Å². The number of hydrogen-bond acceptors (Lipinski definition) is 6. The van der Waals surface area contributed by atoms with Crippen molar-refractivity contribution in [3.8, 4) is 0 Å². The number of likely N-dealkylation sites (tertiary alicyclic amines) is 1. The van der Waals surface area contributed by atoms with E-state index in [1.54, 1.807) is 33.8 Å². The second kappa shape index (κ2) is 10.8. The van der Waals surface area contributed by atoms with E-state index in [1.165, 1.54) is 4.90 Å². The van der Waals surface area contributed by atoms with Gasteiger partial charge < -0.3 is 21.1 Å². The van der Waals surface area contributed by atoms with Crippen molar-refractivity contribution in [1.82, 2.24) is 20.5 Å². The molecule has 198 valence electrons. The highest BCUT2D eigenvalue weighted by atomic mass is 16.6. The van der Waals surface area contributed by atoms with Gasteiger partial charge in [0.2, 0.25) is 11.8 Å². The second-order valence-electron chi connectivity index (χ2n) is 10.9. The molecule has 1 aliphatic heterocycles. The van der Waals surface area contributed by atoms with Crippen molar-refractivity contribution in [2.45, 2.75) is 83.0 Å². The van der Waals surface area contributed by atoms with Crippen LogP contribution in [0.5, 0.6) is 0 Å². The molecule has 2 aliphatic rings. The lowest BCUT2D eigenvalue weighted by molar-refractivity contribution is -0.132. The molecule has 1 saturated heterocycles. The van der Waals surface area contributed by atoms with Gasteiger partial charge in [-0.25, -0.2) is 9.78 Å². The summed E-state index contributed by atoms with van der Waals surface area (Å²) in [5, 5.41) is 5.86. The third-order valence-electron chi connectivity index (χ3n) is 6.95. The fourth-order valence-electron chi connectivity index (χ4n) is 5.09. The summed E-state index contributed by atoms with van der Waals surface area (Å²) in [7, 11) is 0. The molecular formula is C28H37N5O4. The number of amides is 3. The summed E-state index contributed by atoms with van der Waals surface area (Å²) in [5.74, 6) is -0.0745. The van der Waals surface area contributed by atoms with Crippen LogP contribution in [0.25, 0.3) is 0 Å². The number of aryl methyl sites for hydroxylation is 1. The van der Waals surface area contributed by atoms with E-state index in [1.807, 2.05) is 36.4 Å². The van der Waals surface area contributed by atoms with E-state index in [9.17, 15) is 14.4 Å². The predicted octanol–water partition coefficient (Wildman–Crippen LogP) is 3.46. The van der Waals surface area contributed by atoms with Gasteiger partial charge in [-0.05, 0) is 76.5 Å². The molecule has 3 amide bonds. The first-order valence-corrected chi connectivity index (χ1v) is 12.9. The number of fused-ring (bicyclic) bond motifs is 1. The Morgan fingerprint density at radius 2 is 1.84 bits per heavy atom. The highest BCUT2D eigenvalue weighted by Crippen LogP contribution is 2.33. The zero-order chi connectivity index (χ0) is 26.7. The largest absolute Gasteiger partial charge is 0.444 e. The number of pyridine rings is 1. The average Bonchev–Trinajstić information content (AvgIpc) is 3.24. The molecule has 9 nitrogen and oxygen atoms in total. The number of benzene rings is 1. The molecule has 2 aromatic rings. The van der Waals surface area contributed by atoms with Crippen molar-refractivity contribution in [3.05, 3.63) is 59.3 Å². The molecule has 37 heavy (non-hydrogen) atoms. The van der Waals surface area contributed by atoms with Crippen LogP contribution in [0.3, 0.4) is 0 Å². The Bertz CT molecular complexity index is 1150. The van der Waals surface area contributed by atoms with Gasteiger partial charge in [-0.3, -0.25) is 14.5 Å². The molecule has 1 fully saturated rings. The van der Waals surface area contributed by atoms with Crippen LogP contribution in [0.4, 0.5) is 10.6 Å². The van der Waals surface area contributed by atoms with Crippen LogP contribution in [0.2, 0.25) is 0 Å². The molecule has 4 atom stereocenters. The number of nitrogens with zero attached hydrogens (tertiary/aromatic N) is 2. The topological polar surface area (TPSA) is 127 Å². The number of anilines is 1. The van der Waals surface area contributed by atoms with Crippen LogP contribution >= 0.6 is 0 Å². The van der Waals surface area contributed by atoms with Crippen molar-refractivity contribution in [1.29, 1.82) is 0 Å². The van der Waals surface area contributed by atoms with E-state index in [-0.39, 0.29) is 23.8 Å². The van der Waals surface area contributed by atoms with Gasteiger partial charge in [0, 0.05) is 12.2 Å². The van der Waals surface area contributed by atoms with Gasteiger partial charge in [0.25, 0.3) is 0 Å². The minimum Gasteiger partial charge on any atom is -0.444 e. The molecular weight excluding hydrogens is 470 g/mol. The maximum atomic E-state index is 13.5. The van der Waals surface area contributed by atoms with Crippen LogP contribution < -0.4 is 16.4 Å². The fraction of sp³-hybridized carbons (Fsp3) is 0.500. The van der Waals surface area contributed by atoms with Gasteiger partial charge >= 0.3 is 6.09 Å². The Labute approximate surface area is 218 Å². The van der Waals surface area contributed by atoms with Crippen LogP contribution in [0, 0.1) is 0 Å². The summed E-state index contributed by atoms with van der Waals surface area (Å²) >= 11 is 0. The third kappa shape index (κ3) is 6.39. The lowest BCUT2D eigenvalue weighted by Gasteiger charge is -2.39. The number of nitrogens with one attached hydrogen (secondary N) is 2. The third-order valence-corrected chi connectivity index (χ3v) is 6.95. The number of carbonyl (C=O) groups is 3. The van der Waals surface area contributed by atoms with E-state index >= 15 is 0 Å². The number of rotatable bonds is 5. The standard InChI is InChI=1S/C28H37N5O4/c1-17(25(34)32-22-12-11-21-20(22)10-13-24(29)31-21)30-26(35)23-16-19(18-8-6-5-7-9-18)14-15-33(23)27(36)37-28(2,3)4/h5-10,13,17,19,22-23H,11-12,14-16H2,1-4H3,(H2,29,31)(H,30,35)(H,32,34)/t17-,19+,22?,23+/m0/s1. The highest BCUT2D eigenvalue weighted by Gasteiger charge is 2.39. The first-order valence-electron chi connectivity index (χ1n) is 12.9. The van der Waals surface area contributed by atoms with Crippen LogP contribution in [-0.2, 0) is 20.7 Å². The summed E-state index contributed by atoms with van der Waals surface area (Å²) in [5.41, 5.74) is 8.08. The number of nitrogen functional groups attached to an aromatic ring is 1. The molecule has 0 bridgehead atoms. The van der Waals surface area contributed by atoms with Gasteiger partial charge in [-0.1, -0.05) is 36.4 Å². The van der Waals surface area contributed by atoms with Gasteiger partial charge in [-0.15, -0.1) is 0 Å². The number of piperidine rings is 1. The molecule has 1 aromatic carbocycles. The van der Waals surface area contributed by atoms with Crippen molar-refractivity contribution < 1.29 is 19.1 Å². The van der Waals surface area contributed by atoms with Gasteiger partial charge in [0.05, 0.1) is 6.04 Å². The molecule has 4 rings (SSSR count). The second-order valence-corrected chi connectivity index (χ2v) is 10.9. The maximum absolute atomic E-state index is 13.5. The van der Waals surface area contributed by atoms with Crippen molar-refractivity contribution in [2.24, 2.45) is 0 Å². The zero-order valence-electron chi connectivity index (χ0n) is 22.0. The lowest BCUT2D eigenvalue weighted by Crippen LogP contribution is -2.57. The molecule has 2 heterocycles. The van der Waals surface area contributed by atoms with E-state index < -0.39 is 23.8 Å². The molecule has 1 aliphatic carbocycles. The Kier molecular flexibility index (Phi) is 7.71. The summed E-state index contributed by atoms with van der Waals surface area (Å²) in [6.07, 6.45) is 2.12. The van der Waals surface area contributed by atoms with Crippen LogP contribution in [0.15, 0.2) is 42.5 Å². The molecule has 9 heteroatoms. The molecule has 0 spiro atoms. The first kappa shape index (κ1) is 26.4. The number of carbonyl (C=O) groups excluding carboxylic acids is 3. The van der Waals surface area contributed by atoms with E-state index in [0.29, 0.717) is 18.8 Å². The van der Waals surface area contributed by atoms with Gasteiger partial charge in [0.15, 0.2) is 0 Å². The molecule has 1 aromatic heterocycles. The molecule has 4 N–H and O–H groups in total. The van der Waals surface area contributed by atoms with E-state index in [0.717, 1.165) is 36.1 Å². The SMILES string of the molecule is C[C@H](NC(=O)[C@H]1C[C@H](c2ccccc2)CCN1C(=O)OC(C)(C)C)C(=O)NC1CCc2nc(N)ccc21. The summed E-state index contributed by atoms with van der Waals surface area (Å²) in [6.45, 7) is 7.44. The zero-order valence-corrected chi connectivity index (χ0v) is 22.0. The van der Waals surface area contributed by atoms with E-state index in [2.05, 4.69) is 15.6 Å². The van der Waals surface area contributed by atoms with E-state index in [4.69, 9.17) is 10.5 Å². The highest BCUT2D eigenvalue weighted by molar-refractivity contribution is 5.91. The van der Waals surface area contributed by atoms with Crippen molar-refractivity contribution in [3.63, 3.8) is 0 Å². The summed E-state index contributed by atoms with van der Waals surface area (Å²) in [4.78, 5) is 45.3. The molecule has 1 unspecified atom stereocenters. The number of ether oxygens (including phenoxy) is 1. The van der Waals surface area contributed by atoms with Crippen LogP contribution in [0.1, 0.15) is 75.7 Å². The Morgan fingerprint density at radius 3 is 2.54 bits per heavy atom. The molecule has 0 saturated carbocycles. The quantitative estimate of drug-likeness (QED) is 0.569. The summed E-state index contributed by atoms with van der Waals surface area (Å²) in [6, 6.07) is 11.9. The number of aromatic nitrogens is 1.